The number of allylic oxidation sites excluding steroid dienone is 22. The van der Waals surface area contributed by atoms with Gasteiger partial charge in [0.1, 0.15) is 19.3 Å². The molecule has 5 atom stereocenters. The van der Waals surface area contributed by atoms with Crippen LogP contribution in [0.1, 0.15) is 336 Å². The van der Waals surface area contributed by atoms with Crippen LogP contribution in [0.15, 0.2) is 134 Å². The zero-order chi connectivity index (χ0) is 77.4. The first-order valence-electron chi connectivity index (χ1n) is 41.4. The van der Waals surface area contributed by atoms with Crippen molar-refractivity contribution in [2.45, 2.75) is 354 Å². The molecule has 0 heterocycles. The average molecular weight is 1530 g/mol. The van der Waals surface area contributed by atoms with Crippen molar-refractivity contribution in [3.05, 3.63) is 134 Å². The normalized spacial score (nSPS) is 14.5. The standard InChI is InChI=1S/C87H148O17P2/c1-5-9-13-17-21-25-29-33-36-39-40-43-45-49-52-56-60-64-68-72-85(90)98-78-83(104-87(92)74-70-66-62-58-54-50-46-42-38-35-31-27-23-19-15-11-7-3)80-102-106(95,96)100-76-81(88)75-99-105(93,94)101-79-82(103-86(91)73-69-65-61-57-53-47-32-28-24-20-16-12-8-4)77-97-84(89)71-67-63-59-55-51-48-44-41-37-34-30-26-22-18-14-10-6-2/h10-11,14-15,21-23,25-27,33-38,40,43,46,50,58,62,81-83,88H,5-9,12-13,16-20,24,28-32,39,41-42,44-45,47-49,51-57,59-61,63-80H2,1-4H3,(H,93,94)(H,95,96)/b14-10-,15-11-,25-21-,26-22-,27-23-,36-33-,37-34-,38-35-,43-40-,50-46-,62-58-. The molecule has 608 valence electrons. The average Bonchev–Trinajstić information content (AvgIpc) is 0.899. The van der Waals surface area contributed by atoms with Gasteiger partial charge in [0.15, 0.2) is 12.2 Å². The number of phosphoric ester groups is 2. The van der Waals surface area contributed by atoms with Gasteiger partial charge in [-0.05, 0) is 135 Å². The number of hydrogen-bond acceptors (Lipinski definition) is 15. The smallest absolute Gasteiger partial charge is 0.462 e. The summed E-state index contributed by atoms with van der Waals surface area (Å²) in [5, 5.41) is 10.7. The quantitative estimate of drug-likeness (QED) is 0.0169. The summed E-state index contributed by atoms with van der Waals surface area (Å²) in [5.41, 5.74) is 0. The topological polar surface area (TPSA) is 237 Å². The van der Waals surface area contributed by atoms with Gasteiger partial charge in [-0.1, -0.05) is 309 Å². The summed E-state index contributed by atoms with van der Waals surface area (Å²) in [6, 6.07) is 0. The van der Waals surface area contributed by atoms with Crippen LogP contribution >= 0.6 is 15.6 Å². The lowest BCUT2D eigenvalue weighted by molar-refractivity contribution is -0.161. The van der Waals surface area contributed by atoms with Gasteiger partial charge in [0.2, 0.25) is 0 Å². The number of ether oxygens (including phenoxy) is 4. The van der Waals surface area contributed by atoms with Crippen molar-refractivity contribution >= 4 is 39.5 Å². The molecule has 0 aliphatic carbocycles. The lowest BCUT2D eigenvalue weighted by atomic mass is 10.0. The molecule has 0 aliphatic rings. The maximum atomic E-state index is 13.1. The van der Waals surface area contributed by atoms with Gasteiger partial charge in [0, 0.05) is 25.7 Å². The molecule has 3 N–H and O–H groups in total. The summed E-state index contributed by atoms with van der Waals surface area (Å²) in [5.74, 6) is -2.26. The summed E-state index contributed by atoms with van der Waals surface area (Å²) < 4.78 is 68.7. The molecule has 0 rings (SSSR count). The van der Waals surface area contributed by atoms with Crippen molar-refractivity contribution in [2.75, 3.05) is 39.6 Å². The van der Waals surface area contributed by atoms with E-state index in [9.17, 15) is 43.2 Å². The third-order valence-corrected chi connectivity index (χ3v) is 19.0. The fourth-order valence-electron chi connectivity index (χ4n) is 10.9. The van der Waals surface area contributed by atoms with Gasteiger partial charge >= 0.3 is 39.5 Å². The van der Waals surface area contributed by atoms with E-state index in [2.05, 4.69) is 149 Å². The Balaban J connectivity index is 5.42. The van der Waals surface area contributed by atoms with E-state index in [0.717, 1.165) is 180 Å². The number of unbranched alkanes of at least 4 members (excludes halogenated alkanes) is 29. The third-order valence-electron chi connectivity index (χ3n) is 17.1. The number of rotatable bonds is 77. The second-order valence-corrected chi connectivity index (χ2v) is 30.2. The molecule has 0 saturated heterocycles. The van der Waals surface area contributed by atoms with Crippen LogP contribution in [-0.2, 0) is 65.4 Å². The molecule has 0 fully saturated rings. The van der Waals surface area contributed by atoms with Crippen LogP contribution in [0.3, 0.4) is 0 Å². The van der Waals surface area contributed by atoms with Gasteiger partial charge in [0.05, 0.1) is 26.4 Å². The third kappa shape index (κ3) is 77.4. The number of hydrogen-bond donors (Lipinski definition) is 3. The Hall–Kier alpha value is -4.80. The van der Waals surface area contributed by atoms with E-state index in [0.29, 0.717) is 32.1 Å². The molecule has 0 spiro atoms. The van der Waals surface area contributed by atoms with Crippen molar-refractivity contribution in [1.29, 1.82) is 0 Å². The van der Waals surface area contributed by atoms with Crippen molar-refractivity contribution in [3.8, 4) is 0 Å². The molecule has 106 heavy (non-hydrogen) atoms. The Morgan fingerprint density at radius 2 is 0.500 bits per heavy atom. The lowest BCUT2D eigenvalue weighted by Crippen LogP contribution is -2.30. The molecule has 5 unspecified atom stereocenters. The van der Waals surface area contributed by atoms with Gasteiger partial charge in [-0.3, -0.25) is 37.3 Å². The molecule has 19 heteroatoms. The van der Waals surface area contributed by atoms with Crippen molar-refractivity contribution in [3.63, 3.8) is 0 Å². The molecule has 0 radical (unpaired) electrons. The van der Waals surface area contributed by atoms with Crippen LogP contribution < -0.4 is 0 Å². The fourth-order valence-corrected chi connectivity index (χ4v) is 12.4. The second-order valence-electron chi connectivity index (χ2n) is 27.3. The first-order chi connectivity index (χ1) is 51.7. The molecule has 0 aromatic rings. The van der Waals surface area contributed by atoms with Gasteiger partial charge in [-0.25, -0.2) is 9.13 Å². The van der Waals surface area contributed by atoms with E-state index in [1.165, 1.54) is 70.6 Å². The van der Waals surface area contributed by atoms with Crippen molar-refractivity contribution < 1.29 is 80.2 Å². The number of aliphatic hydroxyl groups excluding tert-OH is 1. The molecule has 17 nitrogen and oxygen atoms in total. The summed E-state index contributed by atoms with van der Waals surface area (Å²) in [4.78, 5) is 73.1. The van der Waals surface area contributed by atoms with E-state index in [1.807, 2.05) is 12.2 Å². The molecule has 0 aromatic carbocycles. The van der Waals surface area contributed by atoms with Gasteiger partial charge < -0.3 is 33.8 Å². The van der Waals surface area contributed by atoms with Crippen molar-refractivity contribution in [1.82, 2.24) is 0 Å². The van der Waals surface area contributed by atoms with Gasteiger partial charge in [0.25, 0.3) is 0 Å². The highest BCUT2D eigenvalue weighted by molar-refractivity contribution is 7.47. The number of esters is 4. The molecular weight excluding hydrogens is 1380 g/mol. The number of phosphoric acid groups is 2. The maximum Gasteiger partial charge on any atom is 0.472 e. The highest BCUT2D eigenvalue weighted by atomic mass is 31.2. The molecule has 0 bridgehead atoms. The molecule has 0 aliphatic heterocycles. The van der Waals surface area contributed by atoms with Crippen LogP contribution in [-0.4, -0.2) is 96.7 Å². The Bertz CT molecular complexity index is 2530. The maximum absolute atomic E-state index is 13.1. The van der Waals surface area contributed by atoms with E-state index in [1.54, 1.807) is 0 Å². The minimum absolute atomic E-state index is 0.0111. The minimum Gasteiger partial charge on any atom is -0.462 e. The summed E-state index contributed by atoms with van der Waals surface area (Å²) in [7, 11) is -9.99. The molecule has 0 amide bonds. The van der Waals surface area contributed by atoms with E-state index in [-0.39, 0.29) is 25.7 Å². The largest absolute Gasteiger partial charge is 0.472 e. The highest BCUT2D eigenvalue weighted by Crippen LogP contribution is 2.45. The second kappa shape index (κ2) is 78.3. The van der Waals surface area contributed by atoms with Gasteiger partial charge in [-0.15, -0.1) is 0 Å². The fraction of sp³-hybridized carbons (Fsp3) is 0.701. The number of carbonyl (C=O) groups excluding carboxylic acids is 4. The van der Waals surface area contributed by atoms with Crippen LogP contribution in [0.4, 0.5) is 0 Å². The summed E-state index contributed by atoms with van der Waals surface area (Å²) >= 11 is 0. The zero-order valence-corrected chi connectivity index (χ0v) is 68.4. The predicted molar refractivity (Wildman–Crippen MR) is 436 cm³/mol. The Labute approximate surface area is 644 Å². The molecular formula is C87H148O17P2. The molecule has 0 saturated carbocycles. The minimum atomic E-state index is -5.00. The summed E-state index contributed by atoms with van der Waals surface area (Å²) in [6.07, 6.45) is 88.5. The van der Waals surface area contributed by atoms with Crippen LogP contribution in [0.5, 0.6) is 0 Å². The number of aliphatic hydroxyl groups is 1. The first kappa shape index (κ1) is 101. The monoisotopic (exact) mass is 1530 g/mol. The Kier molecular flexibility index (Phi) is 74.8. The SMILES string of the molecule is CC/C=C\C/C=C\C/C=C\C/C=C\C/C=C\CCCC(=O)OC(COC(=O)CCCCCCCC/C=C\C/C=C\C/C=C\CCCCC)COP(=O)(O)OCC(O)COP(=O)(O)OCC(COC(=O)CCCCCCCCC/C=C\C/C=C\C/C=C\CC)OC(=O)CCCCCCCCCCCCCCC. The lowest BCUT2D eigenvalue weighted by Gasteiger charge is -2.21. The predicted octanol–water partition coefficient (Wildman–Crippen LogP) is 24.4. The van der Waals surface area contributed by atoms with Crippen LogP contribution in [0.2, 0.25) is 0 Å². The Morgan fingerprint density at radius 1 is 0.274 bits per heavy atom. The van der Waals surface area contributed by atoms with E-state index >= 15 is 0 Å². The highest BCUT2D eigenvalue weighted by Gasteiger charge is 2.30. The Morgan fingerprint density at radius 3 is 0.811 bits per heavy atom. The van der Waals surface area contributed by atoms with E-state index in [4.69, 9.17) is 37.0 Å². The van der Waals surface area contributed by atoms with Crippen LogP contribution in [0, 0.1) is 0 Å². The van der Waals surface area contributed by atoms with Gasteiger partial charge in [-0.2, -0.15) is 0 Å². The molecule has 0 aromatic heterocycles. The van der Waals surface area contributed by atoms with Crippen LogP contribution in [0.25, 0.3) is 0 Å². The summed E-state index contributed by atoms with van der Waals surface area (Å²) in [6.45, 7) is 4.57. The van der Waals surface area contributed by atoms with E-state index < -0.39 is 97.5 Å². The first-order valence-corrected chi connectivity index (χ1v) is 44.4. The van der Waals surface area contributed by atoms with Crippen molar-refractivity contribution in [2.24, 2.45) is 0 Å². The number of carbonyl (C=O) groups is 4. The zero-order valence-electron chi connectivity index (χ0n) is 66.6.